The van der Waals surface area contributed by atoms with E-state index in [-0.39, 0.29) is 0 Å². The molecule has 0 radical (unpaired) electrons. The average molecular weight is 242 g/mol. The second kappa shape index (κ2) is 8.90. The summed E-state index contributed by atoms with van der Waals surface area (Å²) in [6.45, 7) is 9.79. The van der Waals surface area contributed by atoms with E-state index in [4.69, 9.17) is 5.11 Å². The molecule has 0 aliphatic carbocycles. The van der Waals surface area contributed by atoms with E-state index in [2.05, 4.69) is 24.1 Å². The van der Waals surface area contributed by atoms with Crippen LogP contribution in [0.4, 0.5) is 0 Å². The Bertz CT molecular complexity index is 187. The molecule has 1 rings (SSSR count). The Morgan fingerprint density at radius 2 is 2.12 bits per heavy atom. The summed E-state index contributed by atoms with van der Waals surface area (Å²) in [6, 6.07) is 0.726. The Balaban J connectivity index is 2.13. The smallest absolute Gasteiger partial charge is 0.0431 e. The molecule has 1 heterocycles. The number of piperidine rings is 1. The fourth-order valence-electron chi connectivity index (χ4n) is 2.69. The predicted octanol–water partition coefficient (Wildman–Crippen LogP) is 1.86. The third-order valence-electron chi connectivity index (χ3n) is 3.78. The lowest BCUT2D eigenvalue weighted by Crippen LogP contribution is -2.48. The number of aliphatic hydroxyl groups excluding tert-OH is 1. The van der Waals surface area contributed by atoms with E-state index in [1.54, 1.807) is 0 Å². The minimum atomic E-state index is 0.347. The van der Waals surface area contributed by atoms with Gasteiger partial charge in [0, 0.05) is 19.2 Å². The van der Waals surface area contributed by atoms with Crippen molar-refractivity contribution in [2.75, 3.05) is 32.8 Å². The number of hydrogen-bond acceptors (Lipinski definition) is 3. The Morgan fingerprint density at radius 1 is 1.29 bits per heavy atom. The molecule has 0 aromatic rings. The Kier molecular flexibility index (Phi) is 7.82. The van der Waals surface area contributed by atoms with Gasteiger partial charge in [0.25, 0.3) is 0 Å². The molecule has 1 fully saturated rings. The second-order valence-corrected chi connectivity index (χ2v) is 5.41. The highest BCUT2D eigenvalue weighted by Crippen LogP contribution is 2.17. The van der Waals surface area contributed by atoms with Crippen LogP contribution in [-0.4, -0.2) is 48.8 Å². The Morgan fingerprint density at radius 3 is 2.76 bits per heavy atom. The van der Waals surface area contributed by atoms with Crippen LogP contribution in [0.5, 0.6) is 0 Å². The topological polar surface area (TPSA) is 35.5 Å². The molecular weight excluding hydrogens is 212 g/mol. The van der Waals surface area contributed by atoms with Gasteiger partial charge in [-0.25, -0.2) is 0 Å². The van der Waals surface area contributed by atoms with Gasteiger partial charge in [-0.15, -0.1) is 0 Å². The van der Waals surface area contributed by atoms with Gasteiger partial charge in [0.15, 0.2) is 0 Å². The van der Waals surface area contributed by atoms with Crippen molar-refractivity contribution in [1.82, 2.24) is 10.2 Å². The van der Waals surface area contributed by atoms with Gasteiger partial charge in [0.1, 0.15) is 0 Å². The van der Waals surface area contributed by atoms with Crippen LogP contribution in [0.1, 0.15) is 46.0 Å². The fraction of sp³-hybridized carbons (Fsp3) is 1.00. The van der Waals surface area contributed by atoms with E-state index >= 15 is 0 Å². The molecular formula is C14H30N2O. The van der Waals surface area contributed by atoms with Crippen molar-refractivity contribution in [1.29, 1.82) is 0 Å². The van der Waals surface area contributed by atoms with Gasteiger partial charge >= 0.3 is 0 Å². The zero-order valence-corrected chi connectivity index (χ0v) is 11.6. The SMILES string of the molecule is CCCNC1CCN(CCCCCO)CC1C. The predicted molar refractivity (Wildman–Crippen MR) is 73.2 cm³/mol. The van der Waals surface area contributed by atoms with Gasteiger partial charge in [-0.3, -0.25) is 0 Å². The highest BCUT2D eigenvalue weighted by molar-refractivity contribution is 4.82. The van der Waals surface area contributed by atoms with Crippen molar-refractivity contribution in [2.45, 2.75) is 52.0 Å². The highest BCUT2D eigenvalue weighted by atomic mass is 16.2. The summed E-state index contributed by atoms with van der Waals surface area (Å²) in [6.07, 6.45) is 5.89. The third-order valence-corrected chi connectivity index (χ3v) is 3.78. The minimum absolute atomic E-state index is 0.347. The van der Waals surface area contributed by atoms with Crippen LogP contribution in [0.25, 0.3) is 0 Å². The van der Waals surface area contributed by atoms with E-state index in [0.717, 1.165) is 24.9 Å². The number of hydrogen-bond donors (Lipinski definition) is 2. The summed E-state index contributed by atoms with van der Waals surface area (Å²) >= 11 is 0. The molecule has 2 unspecified atom stereocenters. The van der Waals surface area contributed by atoms with E-state index in [9.17, 15) is 0 Å². The lowest BCUT2D eigenvalue weighted by molar-refractivity contribution is 0.144. The first-order chi connectivity index (χ1) is 8.27. The maximum absolute atomic E-state index is 8.74. The number of rotatable bonds is 8. The first kappa shape index (κ1) is 14.9. The molecule has 1 saturated heterocycles. The number of nitrogens with one attached hydrogen (secondary N) is 1. The fourth-order valence-corrected chi connectivity index (χ4v) is 2.69. The van der Waals surface area contributed by atoms with E-state index in [1.807, 2.05) is 0 Å². The molecule has 2 N–H and O–H groups in total. The van der Waals surface area contributed by atoms with Crippen molar-refractivity contribution in [3.63, 3.8) is 0 Å². The molecule has 1 aliphatic heterocycles. The van der Waals surface area contributed by atoms with Gasteiger partial charge in [-0.05, 0) is 57.7 Å². The zero-order valence-electron chi connectivity index (χ0n) is 11.6. The van der Waals surface area contributed by atoms with Crippen molar-refractivity contribution in [3.05, 3.63) is 0 Å². The van der Waals surface area contributed by atoms with Gasteiger partial charge in [0.2, 0.25) is 0 Å². The maximum atomic E-state index is 8.74. The first-order valence-corrected chi connectivity index (χ1v) is 7.34. The molecule has 102 valence electrons. The van der Waals surface area contributed by atoms with E-state index < -0.39 is 0 Å². The molecule has 0 aromatic heterocycles. The number of nitrogens with zero attached hydrogens (tertiary/aromatic N) is 1. The van der Waals surface area contributed by atoms with Crippen LogP contribution in [0.15, 0.2) is 0 Å². The third kappa shape index (κ3) is 5.84. The second-order valence-electron chi connectivity index (χ2n) is 5.41. The minimum Gasteiger partial charge on any atom is -0.396 e. The van der Waals surface area contributed by atoms with Crippen LogP contribution in [0.3, 0.4) is 0 Å². The Labute approximate surface area is 107 Å². The van der Waals surface area contributed by atoms with Crippen LogP contribution < -0.4 is 5.32 Å². The average Bonchev–Trinajstić information content (AvgIpc) is 2.34. The largest absolute Gasteiger partial charge is 0.396 e. The normalized spacial score (nSPS) is 26.3. The summed E-state index contributed by atoms with van der Waals surface area (Å²) in [5, 5.41) is 12.4. The van der Waals surface area contributed by atoms with E-state index in [0.29, 0.717) is 6.61 Å². The lowest BCUT2D eigenvalue weighted by atomic mass is 9.93. The van der Waals surface area contributed by atoms with Gasteiger partial charge in [0.05, 0.1) is 0 Å². The van der Waals surface area contributed by atoms with Gasteiger partial charge in [-0.2, -0.15) is 0 Å². The van der Waals surface area contributed by atoms with Crippen LogP contribution in [0, 0.1) is 5.92 Å². The summed E-state index contributed by atoms with van der Waals surface area (Å²) in [5.74, 6) is 0.771. The van der Waals surface area contributed by atoms with Crippen molar-refractivity contribution >= 4 is 0 Å². The first-order valence-electron chi connectivity index (χ1n) is 7.34. The number of unbranched alkanes of at least 4 members (excludes halogenated alkanes) is 2. The molecule has 17 heavy (non-hydrogen) atoms. The van der Waals surface area contributed by atoms with Gasteiger partial charge < -0.3 is 15.3 Å². The molecule has 0 amide bonds. The number of aliphatic hydroxyl groups is 1. The van der Waals surface area contributed by atoms with Gasteiger partial charge in [-0.1, -0.05) is 13.8 Å². The lowest BCUT2D eigenvalue weighted by Gasteiger charge is -2.37. The highest BCUT2D eigenvalue weighted by Gasteiger charge is 2.24. The molecule has 2 atom stereocenters. The van der Waals surface area contributed by atoms with Crippen molar-refractivity contribution in [3.8, 4) is 0 Å². The standard InChI is InChI=1S/C14H30N2O/c1-3-8-15-14-7-10-16(12-13(14)2)9-5-4-6-11-17/h13-15,17H,3-12H2,1-2H3. The number of likely N-dealkylation sites (tertiary alicyclic amines) is 1. The molecule has 0 saturated carbocycles. The van der Waals surface area contributed by atoms with Crippen molar-refractivity contribution in [2.24, 2.45) is 5.92 Å². The molecule has 0 aromatic carbocycles. The zero-order chi connectivity index (χ0) is 12.5. The van der Waals surface area contributed by atoms with Crippen LogP contribution in [0.2, 0.25) is 0 Å². The summed E-state index contributed by atoms with van der Waals surface area (Å²) in [5.41, 5.74) is 0. The van der Waals surface area contributed by atoms with Crippen molar-refractivity contribution < 1.29 is 5.11 Å². The summed E-state index contributed by atoms with van der Waals surface area (Å²) in [4.78, 5) is 2.59. The monoisotopic (exact) mass is 242 g/mol. The van der Waals surface area contributed by atoms with Crippen LogP contribution in [-0.2, 0) is 0 Å². The van der Waals surface area contributed by atoms with Crippen LogP contribution >= 0.6 is 0 Å². The summed E-state index contributed by atoms with van der Waals surface area (Å²) < 4.78 is 0. The molecule has 3 nitrogen and oxygen atoms in total. The quantitative estimate of drug-likeness (QED) is 0.638. The molecule has 0 bridgehead atoms. The summed E-state index contributed by atoms with van der Waals surface area (Å²) in [7, 11) is 0. The Hall–Kier alpha value is -0.120. The molecule has 0 spiro atoms. The molecule has 1 aliphatic rings. The van der Waals surface area contributed by atoms with E-state index in [1.165, 1.54) is 45.3 Å². The molecule has 3 heteroatoms. The maximum Gasteiger partial charge on any atom is 0.0431 e.